The molecule has 2 saturated carbocycles. The summed E-state index contributed by atoms with van der Waals surface area (Å²) in [7, 11) is 1.84. The van der Waals surface area contributed by atoms with Crippen LogP contribution in [0.3, 0.4) is 0 Å². The van der Waals surface area contributed by atoms with E-state index in [0.717, 1.165) is 26.4 Å². The van der Waals surface area contributed by atoms with Gasteiger partial charge in [-0.25, -0.2) is 9.67 Å². The third-order valence-electron chi connectivity index (χ3n) is 7.14. The number of pyridine rings is 1. The van der Waals surface area contributed by atoms with Crippen LogP contribution < -0.4 is 17.0 Å². The van der Waals surface area contributed by atoms with Gasteiger partial charge in [0.1, 0.15) is 10.5 Å². The van der Waals surface area contributed by atoms with Crippen LogP contribution in [0.15, 0.2) is 47.3 Å². The molecule has 9 heteroatoms. The number of aromatic nitrogens is 5. The number of thiazole rings is 1. The van der Waals surface area contributed by atoms with Crippen LogP contribution in [0.2, 0.25) is 0 Å². The van der Waals surface area contributed by atoms with E-state index in [2.05, 4.69) is 10.1 Å². The number of nitrogens with zero attached hydrogens (tertiary/aromatic N) is 5. The van der Waals surface area contributed by atoms with Gasteiger partial charge in [0.25, 0.3) is 5.56 Å². The van der Waals surface area contributed by atoms with Gasteiger partial charge in [-0.05, 0) is 24.0 Å². The Morgan fingerprint density at radius 1 is 1.21 bits per heavy atom. The fourth-order valence-electron chi connectivity index (χ4n) is 4.73. The first kappa shape index (κ1) is 22.6. The zero-order valence-corrected chi connectivity index (χ0v) is 20.3. The normalized spacial score (nSPS) is 16.8. The lowest BCUT2D eigenvalue weighted by molar-refractivity contribution is 0.129. The average Bonchev–Trinajstić information content (AvgIpc) is 3.30. The topological polar surface area (TPSA) is 118 Å². The summed E-state index contributed by atoms with van der Waals surface area (Å²) in [4.78, 5) is 21.8. The molecule has 2 fully saturated rings. The summed E-state index contributed by atoms with van der Waals surface area (Å²) >= 11 is 1.56. The molecule has 178 valence electrons. The molecule has 4 aromatic rings. The van der Waals surface area contributed by atoms with Crippen molar-refractivity contribution in [2.24, 2.45) is 30.4 Å². The molecule has 0 aromatic carbocycles. The van der Waals surface area contributed by atoms with Gasteiger partial charge >= 0.3 is 0 Å². The predicted molar refractivity (Wildman–Crippen MR) is 136 cm³/mol. The molecule has 8 nitrogen and oxygen atoms in total. The van der Waals surface area contributed by atoms with E-state index in [9.17, 15) is 4.79 Å². The average molecular weight is 478 g/mol. The largest absolute Gasteiger partial charge is 0.403 e. The van der Waals surface area contributed by atoms with Crippen molar-refractivity contribution >= 4 is 32.6 Å². The molecule has 4 aromatic heterocycles. The molecule has 4 heterocycles. The second kappa shape index (κ2) is 9.58. The zero-order valence-electron chi connectivity index (χ0n) is 19.5. The number of aryl methyl sites for hydroxylation is 1. The minimum absolute atomic E-state index is 0.155. The fourth-order valence-corrected chi connectivity index (χ4v) is 5.85. The van der Waals surface area contributed by atoms with Gasteiger partial charge in [-0.3, -0.25) is 9.78 Å². The van der Waals surface area contributed by atoms with Gasteiger partial charge in [-0.15, -0.1) is 11.3 Å². The van der Waals surface area contributed by atoms with Crippen LogP contribution in [-0.4, -0.2) is 24.3 Å². The molecule has 0 saturated heterocycles. The van der Waals surface area contributed by atoms with Crippen molar-refractivity contribution < 1.29 is 0 Å². The van der Waals surface area contributed by atoms with Gasteiger partial charge in [-0.1, -0.05) is 44.6 Å². The molecule has 0 atom stereocenters. The quantitative estimate of drug-likeness (QED) is 0.453. The van der Waals surface area contributed by atoms with Gasteiger partial charge in [0, 0.05) is 42.6 Å². The zero-order chi connectivity index (χ0) is 23.7. The van der Waals surface area contributed by atoms with E-state index >= 15 is 0 Å². The molecule has 2 aliphatic carbocycles. The molecular formula is C25H31N7OS. The van der Waals surface area contributed by atoms with Crippen LogP contribution in [0.4, 0.5) is 0 Å². The van der Waals surface area contributed by atoms with Crippen LogP contribution in [0.1, 0.15) is 49.2 Å². The van der Waals surface area contributed by atoms with Gasteiger partial charge in [-0.2, -0.15) is 5.10 Å². The summed E-state index contributed by atoms with van der Waals surface area (Å²) in [5.41, 5.74) is 13.6. The van der Waals surface area contributed by atoms with Crippen LogP contribution in [0.25, 0.3) is 21.3 Å². The molecule has 0 spiro atoms. The number of nitrogens with two attached hydrogens (primary N) is 2. The van der Waals surface area contributed by atoms with E-state index in [1.807, 2.05) is 29.8 Å². The Morgan fingerprint density at radius 2 is 1.94 bits per heavy atom. The van der Waals surface area contributed by atoms with Crippen molar-refractivity contribution in [2.45, 2.75) is 51.5 Å². The van der Waals surface area contributed by atoms with E-state index in [4.69, 9.17) is 16.5 Å². The van der Waals surface area contributed by atoms with Crippen molar-refractivity contribution in [1.29, 1.82) is 0 Å². The summed E-state index contributed by atoms with van der Waals surface area (Å²) in [5.74, 6) is 2.37. The Balaban J connectivity index is 0.000000252. The summed E-state index contributed by atoms with van der Waals surface area (Å²) in [6.07, 6.45) is 14.7. The van der Waals surface area contributed by atoms with Gasteiger partial charge in [0.05, 0.1) is 17.4 Å². The number of fused-ring (bicyclic) bond motifs is 3. The highest BCUT2D eigenvalue weighted by atomic mass is 32.1. The van der Waals surface area contributed by atoms with Gasteiger partial charge in [0.2, 0.25) is 0 Å². The summed E-state index contributed by atoms with van der Waals surface area (Å²) in [6.45, 7) is 0.155. The van der Waals surface area contributed by atoms with Crippen LogP contribution in [-0.2, 0) is 20.0 Å². The predicted octanol–water partition coefficient (Wildman–Crippen LogP) is 3.68. The maximum atomic E-state index is 12.8. The van der Waals surface area contributed by atoms with E-state index < -0.39 is 0 Å². The molecule has 34 heavy (non-hydrogen) atoms. The highest BCUT2D eigenvalue weighted by Crippen LogP contribution is 2.43. The lowest BCUT2D eigenvalue weighted by Crippen LogP contribution is -2.26. The molecule has 0 bridgehead atoms. The number of rotatable bonds is 5. The second-order valence-corrected chi connectivity index (χ2v) is 10.4. The highest BCUT2D eigenvalue weighted by molar-refractivity contribution is 7.19. The summed E-state index contributed by atoms with van der Waals surface area (Å²) in [6, 6.07) is 5.82. The molecule has 6 rings (SSSR count). The van der Waals surface area contributed by atoms with Crippen LogP contribution >= 0.6 is 11.3 Å². The Labute approximate surface area is 202 Å². The van der Waals surface area contributed by atoms with E-state index in [0.29, 0.717) is 17.6 Å². The SMILES string of the molecule is C1CC(C2CCC2)C1.Cn1c2nc(Cc3ccccn3)sc2c2cnn(C/C(N)=C/N)c(=O)c21. The standard InChI is InChI=1S/C17H17N7OS.C8H14/c1-23-14-12(8-21-24(17(14)25)9-10(19)7-18)15-16(23)22-13(26-15)6-11-4-2-3-5-20-11;1-3-7(4-1)8-5-2-6-8/h2-5,7-8H,6,9,18-19H2,1H3;7-8H,1-6H2/b10-7-;. The maximum Gasteiger partial charge on any atom is 0.291 e. The molecule has 0 unspecified atom stereocenters. The van der Waals surface area contributed by atoms with Crippen molar-refractivity contribution in [2.75, 3.05) is 0 Å². The second-order valence-electron chi connectivity index (χ2n) is 9.31. The lowest BCUT2D eigenvalue weighted by atomic mass is 9.67. The number of allylic oxidation sites excluding steroid dienone is 1. The van der Waals surface area contributed by atoms with Crippen molar-refractivity contribution in [3.63, 3.8) is 0 Å². The van der Waals surface area contributed by atoms with Crippen LogP contribution in [0.5, 0.6) is 0 Å². The van der Waals surface area contributed by atoms with E-state index in [1.165, 1.54) is 35.6 Å². The number of hydrogen-bond donors (Lipinski definition) is 2. The summed E-state index contributed by atoms with van der Waals surface area (Å²) in [5, 5.41) is 5.98. The first-order valence-electron chi connectivity index (χ1n) is 11.9. The van der Waals surface area contributed by atoms with Gasteiger partial charge < -0.3 is 16.0 Å². The van der Waals surface area contributed by atoms with E-state index in [-0.39, 0.29) is 12.1 Å². The molecule has 4 N–H and O–H groups in total. The van der Waals surface area contributed by atoms with Crippen molar-refractivity contribution in [3.05, 3.63) is 63.5 Å². The fraction of sp³-hybridized carbons (Fsp3) is 0.440. The Hall–Kier alpha value is -3.20. The molecule has 2 aliphatic rings. The number of hydrogen-bond acceptors (Lipinski definition) is 7. The van der Waals surface area contributed by atoms with Crippen molar-refractivity contribution in [3.8, 4) is 0 Å². The smallest absolute Gasteiger partial charge is 0.291 e. The van der Waals surface area contributed by atoms with Crippen molar-refractivity contribution in [1.82, 2.24) is 24.3 Å². The first-order chi connectivity index (χ1) is 16.5. The molecule has 0 radical (unpaired) electrons. The first-order valence-corrected chi connectivity index (χ1v) is 12.8. The Kier molecular flexibility index (Phi) is 6.36. The molecule has 0 aliphatic heterocycles. The third kappa shape index (κ3) is 4.32. The summed E-state index contributed by atoms with van der Waals surface area (Å²) < 4.78 is 4.07. The Morgan fingerprint density at radius 3 is 2.53 bits per heavy atom. The third-order valence-corrected chi connectivity index (χ3v) is 8.22. The Bertz CT molecular complexity index is 1370. The van der Waals surface area contributed by atoms with Crippen LogP contribution in [0, 0.1) is 11.8 Å². The lowest BCUT2D eigenvalue weighted by Gasteiger charge is -2.39. The maximum absolute atomic E-state index is 12.8. The van der Waals surface area contributed by atoms with E-state index in [1.54, 1.807) is 49.4 Å². The monoisotopic (exact) mass is 477 g/mol. The minimum Gasteiger partial charge on any atom is -0.403 e. The van der Waals surface area contributed by atoms with Gasteiger partial charge in [0.15, 0.2) is 5.65 Å². The minimum atomic E-state index is -0.216. The molecular weight excluding hydrogens is 446 g/mol. The highest BCUT2D eigenvalue weighted by Gasteiger charge is 2.30. The molecule has 0 amide bonds.